The lowest BCUT2D eigenvalue weighted by molar-refractivity contribution is -0.244. The van der Waals surface area contributed by atoms with Crippen LogP contribution in [-0.4, -0.2) is 37.9 Å². The lowest BCUT2D eigenvalue weighted by Crippen LogP contribution is -2.58. The first-order valence-electron chi connectivity index (χ1n) is 7.85. The Morgan fingerprint density at radius 1 is 1.24 bits per heavy atom. The molecule has 4 atom stereocenters. The van der Waals surface area contributed by atoms with Gasteiger partial charge < -0.3 is 14.2 Å². The molecule has 3 fully saturated rings. The molecule has 0 aromatic rings. The highest BCUT2D eigenvalue weighted by Crippen LogP contribution is 2.57. The summed E-state index contributed by atoms with van der Waals surface area (Å²) in [7, 11) is 1.35. The van der Waals surface area contributed by atoms with Crippen LogP contribution in [-0.2, 0) is 23.8 Å². The van der Waals surface area contributed by atoms with Crippen LogP contribution in [0.2, 0.25) is 0 Å². The van der Waals surface area contributed by atoms with E-state index in [2.05, 4.69) is 6.92 Å². The molecular weight excluding hydrogens is 272 g/mol. The molecule has 1 heterocycles. The molecule has 0 amide bonds. The number of carbonyl (C=O) groups excluding carboxylic acids is 2. The van der Waals surface area contributed by atoms with Crippen molar-refractivity contribution >= 4 is 11.8 Å². The molecule has 5 nitrogen and oxygen atoms in total. The third-order valence-electron chi connectivity index (χ3n) is 6.02. The van der Waals surface area contributed by atoms with E-state index in [9.17, 15) is 9.59 Å². The van der Waals surface area contributed by atoms with E-state index in [0.717, 1.165) is 12.8 Å². The quantitative estimate of drug-likeness (QED) is 0.546. The highest BCUT2D eigenvalue weighted by Gasteiger charge is 2.60. The Morgan fingerprint density at radius 2 is 1.90 bits per heavy atom. The summed E-state index contributed by atoms with van der Waals surface area (Å²) < 4.78 is 16.6. The van der Waals surface area contributed by atoms with Crippen LogP contribution in [0.15, 0.2) is 0 Å². The summed E-state index contributed by atoms with van der Waals surface area (Å²) in [5.41, 5.74) is -0.461. The lowest BCUT2D eigenvalue weighted by atomic mass is 9.53. The largest absolute Gasteiger partial charge is 0.468 e. The van der Waals surface area contributed by atoms with Crippen LogP contribution < -0.4 is 0 Å². The number of ether oxygens (including phenoxy) is 3. The van der Waals surface area contributed by atoms with Crippen molar-refractivity contribution in [3.05, 3.63) is 0 Å². The molecular formula is C16H24O5. The Bertz CT molecular complexity index is 454. The zero-order chi connectivity index (χ0) is 15.3. The molecule has 2 saturated carbocycles. The molecule has 118 valence electrons. The minimum atomic E-state index is -0.595. The number of Topliss-reactive ketones (excluding diaryl/α,β-unsaturated/α-hetero) is 1. The van der Waals surface area contributed by atoms with Crippen molar-refractivity contribution in [2.45, 2.75) is 45.3 Å². The smallest absolute Gasteiger partial charge is 0.316 e. The van der Waals surface area contributed by atoms with Crippen molar-refractivity contribution < 1.29 is 23.8 Å². The minimum Gasteiger partial charge on any atom is -0.468 e. The number of hydrogen-bond acceptors (Lipinski definition) is 5. The molecule has 3 aliphatic rings. The average Bonchev–Trinajstić information content (AvgIpc) is 2.95. The van der Waals surface area contributed by atoms with Crippen LogP contribution >= 0.6 is 0 Å². The first-order valence-corrected chi connectivity index (χ1v) is 7.85. The van der Waals surface area contributed by atoms with Crippen LogP contribution in [0.5, 0.6) is 0 Å². The highest BCUT2D eigenvalue weighted by molar-refractivity contribution is 6.02. The number of fused-ring (bicyclic) bond motifs is 1. The van der Waals surface area contributed by atoms with E-state index in [1.54, 1.807) is 0 Å². The van der Waals surface area contributed by atoms with Crippen LogP contribution in [0.4, 0.5) is 0 Å². The van der Waals surface area contributed by atoms with Gasteiger partial charge >= 0.3 is 5.97 Å². The Labute approximate surface area is 125 Å². The van der Waals surface area contributed by atoms with Gasteiger partial charge in [0, 0.05) is 17.8 Å². The number of methoxy groups -OCH3 is 1. The molecule has 1 spiro atoms. The SMILES string of the molecule is COC(=O)C1CC[C@H]2[C@H](C)C3(CC[C@]2(C)C1=O)OCCO3. The number of carbonyl (C=O) groups is 2. The molecule has 1 unspecified atom stereocenters. The zero-order valence-electron chi connectivity index (χ0n) is 13.0. The summed E-state index contributed by atoms with van der Waals surface area (Å²) in [5, 5.41) is 0. The van der Waals surface area contributed by atoms with Crippen molar-refractivity contribution in [2.75, 3.05) is 20.3 Å². The van der Waals surface area contributed by atoms with Crippen LogP contribution in [0.1, 0.15) is 39.5 Å². The van der Waals surface area contributed by atoms with Crippen LogP contribution in [0.3, 0.4) is 0 Å². The van der Waals surface area contributed by atoms with Gasteiger partial charge in [-0.2, -0.15) is 0 Å². The van der Waals surface area contributed by atoms with Gasteiger partial charge in [-0.25, -0.2) is 0 Å². The molecule has 0 radical (unpaired) electrons. The molecule has 5 heteroatoms. The summed E-state index contributed by atoms with van der Waals surface area (Å²) in [6.07, 6.45) is 2.86. The predicted octanol–water partition coefficient (Wildman–Crippen LogP) is 1.93. The van der Waals surface area contributed by atoms with Gasteiger partial charge in [0.05, 0.1) is 20.3 Å². The summed E-state index contributed by atoms with van der Waals surface area (Å²) in [5.74, 6) is -1.07. The van der Waals surface area contributed by atoms with Crippen LogP contribution in [0, 0.1) is 23.2 Å². The van der Waals surface area contributed by atoms with E-state index in [1.807, 2.05) is 6.92 Å². The van der Waals surface area contributed by atoms with Crippen molar-refractivity contribution in [3.8, 4) is 0 Å². The summed E-state index contributed by atoms with van der Waals surface area (Å²) in [6, 6.07) is 0. The maximum Gasteiger partial charge on any atom is 0.316 e. The Hall–Kier alpha value is -0.940. The second-order valence-corrected chi connectivity index (χ2v) is 6.84. The summed E-state index contributed by atoms with van der Waals surface area (Å²) >= 11 is 0. The number of esters is 1. The van der Waals surface area contributed by atoms with E-state index >= 15 is 0 Å². The molecule has 0 bridgehead atoms. The van der Waals surface area contributed by atoms with E-state index in [-0.39, 0.29) is 23.6 Å². The molecule has 1 aliphatic heterocycles. The van der Waals surface area contributed by atoms with Gasteiger partial charge in [-0.15, -0.1) is 0 Å². The third-order valence-corrected chi connectivity index (χ3v) is 6.02. The van der Waals surface area contributed by atoms with Gasteiger partial charge in [0.25, 0.3) is 0 Å². The fourth-order valence-corrected chi connectivity index (χ4v) is 4.70. The molecule has 0 N–H and O–H groups in total. The van der Waals surface area contributed by atoms with Gasteiger partial charge in [0.1, 0.15) is 5.92 Å². The summed E-state index contributed by atoms with van der Waals surface area (Å²) in [4.78, 5) is 24.7. The summed E-state index contributed by atoms with van der Waals surface area (Å²) in [6.45, 7) is 5.39. The Balaban J connectivity index is 1.86. The molecule has 2 aliphatic carbocycles. The highest BCUT2D eigenvalue weighted by atomic mass is 16.7. The van der Waals surface area contributed by atoms with E-state index in [1.165, 1.54) is 7.11 Å². The van der Waals surface area contributed by atoms with Gasteiger partial charge in [-0.1, -0.05) is 13.8 Å². The van der Waals surface area contributed by atoms with Gasteiger partial charge in [-0.05, 0) is 25.2 Å². The van der Waals surface area contributed by atoms with Crippen molar-refractivity contribution in [1.82, 2.24) is 0 Å². The number of hydrogen-bond donors (Lipinski definition) is 0. The number of ketones is 1. The zero-order valence-corrected chi connectivity index (χ0v) is 13.0. The Morgan fingerprint density at radius 3 is 2.52 bits per heavy atom. The van der Waals surface area contributed by atoms with Gasteiger partial charge in [0.15, 0.2) is 11.6 Å². The maximum absolute atomic E-state index is 12.8. The van der Waals surface area contributed by atoms with E-state index < -0.39 is 17.1 Å². The molecule has 0 aromatic heterocycles. The average molecular weight is 296 g/mol. The molecule has 3 rings (SSSR count). The lowest BCUT2D eigenvalue weighted by Gasteiger charge is -2.54. The second kappa shape index (κ2) is 5.06. The van der Waals surface area contributed by atoms with Gasteiger partial charge in [0.2, 0.25) is 0 Å². The van der Waals surface area contributed by atoms with E-state index in [0.29, 0.717) is 26.1 Å². The normalized spacial score (nSPS) is 41.9. The molecule has 0 aromatic carbocycles. The van der Waals surface area contributed by atoms with Crippen molar-refractivity contribution in [2.24, 2.45) is 23.2 Å². The maximum atomic E-state index is 12.8. The minimum absolute atomic E-state index is 0.0466. The second-order valence-electron chi connectivity index (χ2n) is 6.84. The predicted molar refractivity (Wildman–Crippen MR) is 74.4 cm³/mol. The topological polar surface area (TPSA) is 61.8 Å². The Kier molecular flexibility index (Phi) is 3.61. The first kappa shape index (κ1) is 15.0. The van der Waals surface area contributed by atoms with Crippen LogP contribution in [0.25, 0.3) is 0 Å². The number of rotatable bonds is 1. The first-order chi connectivity index (χ1) is 9.94. The van der Waals surface area contributed by atoms with Gasteiger partial charge in [-0.3, -0.25) is 9.59 Å². The molecule has 21 heavy (non-hydrogen) atoms. The monoisotopic (exact) mass is 296 g/mol. The fourth-order valence-electron chi connectivity index (χ4n) is 4.70. The molecule has 1 saturated heterocycles. The van der Waals surface area contributed by atoms with Crippen molar-refractivity contribution in [1.29, 1.82) is 0 Å². The standard InChI is InChI=1S/C16H24O5/c1-10-12-5-4-11(14(18)19-3)13(17)15(12,2)6-7-16(10)20-8-9-21-16/h10-12H,4-9H2,1-3H3/t10-,11?,12-,15-/m0/s1. The third kappa shape index (κ3) is 2.05. The fraction of sp³-hybridized carbons (Fsp3) is 0.875. The van der Waals surface area contributed by atoms with Crippen molar-refractivity contribution in [3.63, 3.8) is 0 Å². The van der Waals surface area contributed by atoms with E-state index in [4.69, 9.17) is 14.2 Å².